The zero-order valence-electron chi connectivity index (χ0n) is 12.6. The Morgan fingerprint density at radius 3 is 2.36 bits per heavy atom. The first-order valence-electron chi connectivity index (χ1n) is 7.86. The number of hydrogen-bond donors (Lipinski definition) is 1. The number of carbonyl (C=O) groups excluding carboxylic acids is 1. The SMILES string of the molecule is O=C(Nc1ccc(F)cc1)N1CCC(N2CCSCC2)CC1. The normalized spacial score (nSPS) is 20.9. The van der Waals surface area contributed by atoms with Crippen LogP contribution in [0.15, 0.2) is 24.3 Å². The second-order valence-electron chi connectivity index (χ2n) is 5.80. The van der Waals surface area contributed by atoms with E-state index in [0.717, 1.165) is 25.9 Å². The number of benzene rings is 1. The molecular weight excluding hydrogens is 301 g/mol. The summed E-state index contributed by atoms with van der Waals surface area (Å²) >= 11 is 2.03. The number of halogens is 1. The minimum Gasteiger partial charge on any atom is -0.324 e. The van der Waals surface area contributed by atoms with Crippen LogP contribution in [0.1, 0.15) is 12.8 Å². The van der Waals surface area contributed by atoms with Gasteiger partial charge >= 0.3 is 6.03 Å². The molecule has 2 heterocycles. The fourth-order valence-electron chi connectivity index (χ4n) is 3.11. The predicted octanol–water partition coefficient (Wildman–Crippen LogP) is 2.87. The number of likely N-dealkylation sites (tertiary alicyclic amines) is 1. The number of urea groups is 1. The zero-order valence-corrected chi connectivity index (χ0v) is 13.4. The van der Waals surface area contributed by atoms with Crippen molar-refractivity contribution in [3.63, 3.8) is 0 Å². The Morgan fingerprint density at radius 2 is 1.73 bits per heavy atom. The molecule has 2 aliphatic rings. The van der Waals surface area contributed by atoms with Crippen LogP contribution in [0.4, 0.5) is 14.9 Å². The van der Waals surface area contributed by atoms with Crippen molar-refractivity contribution in [2.75, 3.05) is 43.0 Å². The van der Waals surface area contributed by atoms with Gasteiger partial charge in [-0.2, -0.15) is 11.8 Å². The van der Waals surface area contributed by atoms with Crippen LogP contribution in [-0.4, -0.2) is 59.6 Å². The zero-order chi connectivity index (χ0) is 15.4. The Bertz CT molecular complexity index is 497. The van der Waals surface area contributed by atoms with Gasteiger partial charge < -0.3 is 10.2 Å². The Kier molecular flexibility index (Phi) is 5.20. The minimum atomic E-state index is -0.293. The third kappa shape index (κ3) is 3.93. The average Bonchev–Trinajstić information content (AvgIpc) is 2.58. The van der Waals surface area contributed by atoms with Gasteiger partial charge in [0.05, 0.1) is 0 Å². The molecule has 1 N–H and O–H groups in total. The van der Waals surface area contributed by atoms with Gasteiger partial charge in [-0.25, -0.2) is 9.18 Å². The molecule has 1 aromatic rings. The number of hydrogen-bond acceptors (Lipinski definition) is 3. The fourth-order valence-corrected chi connectivity index (χ4v) is 4.04. The molecule has 120 valence electrons. The molecule has 2 saturated heterocycles. The van der Waals surface area contributed by atoms with Crippen LogP contribution in [0, 0.1) is 5.82 Å². The van der Waals surface area contributed by atoms with Crippen molar-refractivity contribution in [1.82, 2.24) is 9.80 Å². The lowest BCUT2D eigenvalue weighted by Crippen LogP contribution is -2.49. The molecule has 22 heavy (non-hydrogen) atoms. The molecule has 0 aliphatic carbocycles. The summed E-state index contributed by atoms with van der Waals surface area (Å²) in [6, 6.07) is 6.43. The summed E-state index contributed by atoms with van der Waals surface area (Å²) in [4.78, 5) is 16.7. The summed E-state index contributed by atoms with van der Waals surface area (Å²) in [7, 11) is 0. The lowest BCUT2D eigenvalue weighted by Gasteiger charge is -2.40. The molecule has 1 aromatic carbocycles. The van der Waals surface area contributed by atoms with Gasteiger partial charge in [-0.15, -0.1) is 0 Å². The van der Waals surface area contributed by atoms with Gasteiger partial charge in [-0.1, -0.05) is 0 Å². The second-order valence-corrected chi connectivity index (χ2v) is 7.03. The highest BCUT2D eigenvalue weighted by Gasteiger charge is 2.27. The number of nitrogens with zero attached hydrogens (tertiary/aromatic N) is 2. The maximum atomic E-state index is 12.9. The van der Waals surface area contributed by atoms with E-state index in [1.54, 1.807) is 12.1 Å². The van der Waals surface area contributed by atoms with Gasteiger partial charge in [0.15, 0.2) is 0 Å². The van der Waals surface area contributed by atoms with Gasteiger partial charge in [0.25, 0.3) is 0 Å². The topological polar surface area (TPSA) is 35.6 Å². The van der Waals surface area contributed by atoms with Crippen LogP contribution in [0.25, 0.3) is 0 Å². The van der Waals surface area contributed by atoms with Crippen molar-refractivity contribution in [3.8, 4) is 0 Å². The Morgan fingerprint density at radius 1 is 1.09 bits per heavy atom. The van der Waals surface area contributed by atoms with E-state index in [1.807, 2.05) is 16.7 Å². The van der Waals surface area contributed by atoms with Crippen LogP contribution in [-0.2, 0) is 0 Å². The molecule has 2 amide bonds. The summed E-state index contributed by atoms with van der Waals surface area (Å²) in [5.41, 5.74) is 0.640. The van der Waals surface area contributed by atoms with Crippen LogP contribution in [0.5, 0.6) is 0 Å². The van der Waals surface area contributed by atoms with E-state index < -0.39 is 0 Å². The lowest BCUT2D eigenvalue weighted by molar-refractivity contribution is 0.130. The molecule has 2 fully saturated rings. The van der Waals surface area contributed by atoms with E-state index in [-0.39, 0.29) is 11.8 Å². The van der Waals surface area contributed by atoms with Gasteiger partial charge in [-0.3, -0.25) is 4.90 Å². The summed E-state index contributed by atoms with van der Waals surface area (Å²) in [6.45, 7) is 3.94. The highest BCUT2D eigenvalue weighted by atomic mass is 32.2. The Hall–Kier alpha value is -1.27. The summed E-state index contributed by atoms with van der Waals surface area (Å²) in [5.74, 6) is 2.16. The average molecular weight is 323 g/mol. The standard InChI is InChI=1S/C16H22FN3OS/c17-13-1-3-14(4-2-13)18-16(21)20-7-5-15(6-8-20)19-9-11-22-12-10-19/h1-4,15H,5-12H2,(H,18,21). The number of amides is 2. The van der Waals surface area contributed by atoms with Crippen LogP contribution >= 0.6 is 11.8 Å². The highest BCUT2D eigenvalue weighted by Crippen LogP contribution is 2.21. The largest absolute Gasteiger partial charge is 0.324 e. The van der Waals surface area contributed by atoms with Gasteiger partial charge in [0.2, 0.25) is 0 Å². The van der Waals surface area contributed by atoms with Crippen molar-refractivity contribution >= 4 is 23.5 Å². The number of rotatable bonds is 2. The third-order valence-corrected chi connectivity index (χ3v) is 5.35. The lowest BCUT2D eigenvalue weighted by atomic mass is 10.0. The number of nitrogens with one attached hydrogen (secondary N) is 1. The third-order valence-electron chi connectivity index (χ3n) is 4.41. The van der Waals surface area contributed by atoms with E-state index in [9.17, 15) is 9.18 Å². The molecule has 0 radical (unpaired) electrons. The summed E-state index contributed by atoms with van der Waals surface area (Å²) < 4.78 is 12.9. The second kappa shape index (κ2) is 7.33. The van der Waals surface area contributed by atoms with E-state index in [0.29, 0.717) is 11.7 Å². The van der Waals surface area contributed by atoms with E-state index in [1.165, 1.54) is 36.7 Å². The molecule has 0 bridgehead atoms. The van der Waals surface area contributed by atoms with Crippen LogP contribution < -0.4 is 5.32 Å². The smallest absolute Gasteiger partial charge is 0.321 e. The molecule has 6 heteroatoms. The molecule has 0 spiro atoms. The first-order valence-corrected chi connectivity index (χ1v) is 9.01. The predicted molar refractivity (Wildman–Crippen MR) is 88.9 cm³/mol. The fraction of sp³-hybridized carbons (Fsp3) is 0.562. The summed E-state index contributed by atoms with van der Waals surface area (Å²) in [5, 5.41) is 2.84. The number of thioether (sulfide) groups is 1. The highest BCUT2D eigenvalue weighted by molar-refractivity contribution is 7.99. The molecule has 0 atom stereocenters. The monoisotopic (exact) mass is 323 g/mol. The van der Waals surface area contributed by atoms with Gasteiger partial charge in [-0.05, 0) is 37.1 Å². The quantitative estimate of drug-likeness (QED) is 0.909. The minimum absolute atomic E-state index is 0.0840. The number of carbonyl (C=O) groups is 1. The first kappa shape index (κ1) is 15.6. The van der Waals surface area contributed by atoms with Crippen molar-refractivity contribution in [1.29, 1.82) is 0 Å². The van der Waals surface area contributed by atoms with Crippen molar-refractivity contribution < 1.29 is 9.18 Å². The van der Waals surface area contributed by atoms with Crippen LogP contribution in [0.3, 0.4) is 0 Å². The van der Waals surface area contributed by atoms with Crippen molar-refractivity contribution in [3.05, 3.63) is 30.1 Å². The molecule has 0 aromatic heterocycles. The molecule has 0 unspecified atom stereocenters. The first-order chi connectivity index (χ1) is 10.7. The van der Waals surface area contributed by atoms with E-state index in [2.05, 4.69) is 10.2 Å². The van der Waals surface area contributed by atoms with Crippen molar-refractivity contribution in [2.24, 2.45) is 0 Å². The molecule has 0 saturated carbocycles. The molecule has 4 nitrogen and oxygen atoms in total. The Balaban J connectivity index is 1.48. The van der Waals surface area contributed by atoms with E-state index in [4.69, 9.17) is 0 Å². The Labute approximate surface area is 135 Å². The van der Waals surface area contributed by atoms with Crippen molar-refractivity contribution in [2.45, 2.75) is 18.9 Å². The van der Waals surface area contributed by atoms with Gasteiger partial charge in [0, 0.05) is 49.4 Å². The molecule has 3 rings (SSSR count). The molecule has 2 aliphatic heterocycles. The van der Waals surface area contributed by atoms with Crippen LogP contribution in [0.2, 0.25) is 0 Å². The maximum absolute atomic E-state index is 12.9. The molecular formula is C16H22FN3OS. The summed E-state index contributed by atoms with van der Waals surface area (Å²) in [6.07, 6.45) is 2.09. The number of piperidine rings is 1. The van der Waals surface area contributed by atoms with E-state index >= 15 is 0 Å². The number of anilines is 1. The van der Waals surface area contributed by atoms with Gasteiger partial charge in [0.1, 0.15) is 5.82 Å². The maximum Gasteiger partial charge on any atom is 0.321 e.